The molecule has 1 saturated heterocycles. The van der Waals surface area contributed by atoms with Crippen molar-refractivity contribution in [3.63, 3.8) is 0 Å². The summed E-state index contributed by atoms with van der Waals surface area (Å²) in [5.74, 6) is 2.77. The van der Waals surface area contributed by atoms with Crippen LogP contribution in [0.1, 0.15) is 57.9 Å². The van der Waals surface area contributed by atoms with Gasteiger partial charge >= 0.3 is 0 Å². The molecule has 0 aromatic heterocycles. The summed E-state index contributed by atoms with van der Waals surface area (Å²) < 4.78 is 11.7. The van der Waals surface area contributed by atoms with Crippen LogP contribution < -0.4 is 20.1 Å². The van der Waals surface area contributed by atoms with Gasteiger partial charge in [0.1, 0.15) is 11.5 Å². The number of carbonyl (C=O) groups excluding carboxylic acids is 1. The number of guanidine groups is 1. The van der Waals surface area contributed by atoms with Crippen LogP contribution in [0.4, 0.5) is 0 Å². The number of rotatable bonds is 7. The summed E-state index contributed by atoms with van der Waals surface area (Å²) >= 11 is 0. The topological polar surface area (TPSA) is 75.2 Å². The lowest BCUT2D eigenvalue weighted by Crippen LogP contribution is -2.50. The molecule has 1 aliphatic heterocycles. The number of ether oxygens (including phenoxy) is 2. The fourth-order valence-electron chi connectivity index (χ4n) is 4.28. The van der Waals surface area contributed by atoms with Crippen molar-refractivity contribution in [2.45, 2.75) is 71.1 Å². The molecule has 0 unspecified atom stereocenters. The Hall–Kier alpha value is -1.71. The number of aliphatic imine (C=N–C) groups is 1. The summed E-state index contributed by atoms with van der Waals surface area (Å²) in [6, 6.07) is 6.32. The fourth-order valence-corrected chi connectivity index (χ4v) is 4.28. The van der Waals surface area contributed by atoms with Crippen molar-refractivity contribution in [3.05, 3.63) is 23.8 Å². The maximum Gasteiger partial charge on any atom is 0.225 e. The number of methoxy groups -OCH3 is 1. The molecule has 0 bridgehead atoms. The first kappa shape index (κ1) is 26.5. The molecule has 180 valence electrons. The maximum atomic E-state index is 12.2. The fraction of sp³-hybridized carbons (Fsp3) is 0.667. The van der Waals surface area contributed by atoms with Gasteiger partial charge in [0.25, 0.3) is 0 Å². The number of nitrogens with zero attached hydrogens (tertiary/aromatic N) is 2. The van der Waals surface area contributed by atoms with E-state index >= 15 is 0 Å². The minimum Gasteiger partial charge on any atom is -0.497 e. The molecule has 8 heteroatoms. The zero-order valence-corrected chi connectivity index (χ0v) is 22.2. The highest BCUT2D eigenvalue weighted by Crippen LogP contribution is 2.30. The molecule has 1 heterocycles. The van der Waals surface area contributed by atoms with E-state index in [9.17, 15) is 4.79 Å². The van der Waals surface area contributed by atoms with Gasteiger partial charge in [0.15, 0.2) is 5.96 Å². The van der Waals surface area contributed by atoms with Crippen LogP contribution in [0.2, 0.25) is 0 Å². The monoisotopic (exact) mass is 558 g/mol. The number of hydrogen-bond donors (Lipinski definition) is 2. The summed E-state index contributed by atoms with van der Waals surface area (Å²) in [5.41, 5.74) is 1.09. The third-order valence-electron chi connectivity index (χ3n) is 6.18. The second-order valence-corrected chi connectivity index (χ2v) is 8.82. The van der Waals surface area contributed by atoms with Gasteiger partial charge in [0.05, 0.1) is 13.2 Å². The van der Waals surface area contributed by atoms with Crippen molar-refractivity contribution < 1.29 is 14.3 Å². The van der Waals surface area contributed by atoms with Crippen LogP contribution in [0.5, 0.6) is 11.5 Å². The highest BCUT2D eigenvalue weighted by Gasteiger charge is 2.25. The lowest BCUT2D eigenvalue weighted by Gasteiger charge is -2.34. The Balaban J connectivity index is 0.00000363. The van der Waals surface area contributed by atoms with Crippen molar-refractivity contribution >= 4 is 35.8 Å². The summed E-state index contributed by atoms with van der Waals surface area (Å²) in [5, 5.41) is 6.94. The zero-order chi connectivity index (χ0) is 22.2. The normalized spacial score (nSPS) is 17.8. The second-order valence-electron chi connectivity index (χ2n) is 8.82. The Morgan fingerprint density at radius 1 is 1.19 bits per heavy atom. The lowest BCUT2D eigenvalue weighted by molar-refractivity contribution is -0.135. The number of piperidine rings is 1. The maximum absolute atomic E-state index is 12.2. The SMILES string of the molecule is CN=C(NCc1ccc(OC)cc1OC1CCCC1)NC1CCN(C(=O)C(C)C)CC1.I. The molecule has 0 radical (unpaired) electrons. The highest BCUT2D eigenvalue weighted by molar-refractivity contribution is 14.0. The number of carbonyl (C=O) groups is 1. The minimum atomic E-state index is 0. The number of amides is 1. The quantitative estimate of drug-likeness (QED) is 0.301. The molecule has 0 spiro atoms. The first-order valence-electron chi connectivity index (χ1n) is 11.6. The van der Waals surface area contributed by atoms with Gasteiger partial charge in [-0.15, -0.1) is 24.0 Å². The van der Waals surface area contributed by atoms with Gasteiger partial charge in [-0.3, -0.25) is 9.79 Å². The predicted octanol–water partition coefficient (Wildman–Crippen LogP) is 3.95. The van der Waals surface area contributed by atoms with Crippen molar-refractivity contribution in [1.29, 1.82) is 0 Å². The van der Waals surface area contributed by atoms with Gasteiger partial charge < -0.3 is 25.0 Å². The van der Waals surface area contributed by atoms with E-state index < -0.39 is 0 Å². The number of benzene rings is 1. The van der Waals surface area contributed by atoms with Crippen LogP contribution in [0.15, 0.2) is 23.2 Å². The lowest BCUT2D eigenvalue weighted by atomic mass is 10.0. The molecule has 2 aliphatic rings. The van der Waals surface area contributed by atoms with Gasteiger partial charge in [-0.05, 0) is 50.7 Å². The molecule has 1 aliphatic carbocycles. The van der Waals surface area contributed by atoms with E-state index in [0.29, 0.717) is 18.7 Å². The molecule has 2 N–H and O–H groups in total. The summed E-state index contributed by atoms with van der Waals surface area (Å²) in [6.45, 7) is 6.13. The molecular formula is C24H39IN4O3. The standard InChI is InChI=1S/C24H38N4O3.HI/c1-17(2)23(29)28-13-11-19(12-14-28)27-24(25-3)26-16-18-9-10-21(30-4)15-22(18)31-20-7-5-6-8-20;/h9-10,15,17,19-20H,5-8,11-14,16H2,1-4H3,(H2,25,26,27);1H. The molecule has 3 rings (SSSR count). The van der Waals surface area contributed by atoms with E-state index in [1.807, 2.05) is 30.9 Å². The molecule has 7 nitrogen and oxygen atoms in total. The first-order valence-corrected chi connectivity index (χ1v) is 11.6. The Bertz CT molecular complexity index is 758. The van der Waals surface area contributed by atoms with E-state index in [1.54, 1.807) is 14.2 Å². The highest BCUT2D eigenvalue weighted by atomic mass is 127. The van der Waals surface area contributed by atoms with Crippen LogP contribution in [-0.4, -0.2) is 56.2 Å². The molecule has 32 heavy (non-hydrogen) atoms. The van der Waals surface area contributed by atoms with Gasteiger partial charge in [0.2, 0.25) is 5.91 Å². The molecular weight excluding hydrogens is 519 g/mol. The Morgan fingerprint density at radius 2 is 1.88 bits per heavy atom. The average molecular weight is 559 g/mol. The van der Waals surface area contributed by atoms with Crippen molar-refractivity contribution in [1.82, 2.24) is 15.5 Å². The van der Waals surface area contributed by atoms with Crippen molar-refractivity contribution in [3.8, 4) is 11.5 Å². The summed E-state index contributed by atoms with van der Waals surface area (Å²) in [7, 11) is 3.47. The number of nitrogens with one attached hydrogen (secondary N) is 2. The Morgan fingerprint density at radius 3 is 2.47 bits per heavy atom. The second kappa shape index (κ2) is 13.1. The van der Waals surface area contributed by atoms with E-state index in [4.69, 9.17) is 9.47 Å². The number of hydrogen-bond acceptors (Lipinski definition) is 4. The largest absolute Gasteiger partial charge is 0.497 e. The van der Waals surface area contributed by atoms with Crippen LogP contribution in [0.3, 0.4) is 0 Å². The van der Waals surface area contributed by atoms with Crippen LogP contribution in [-0.2, 0) is 11.3 Å². The summed E-state index contributed by atoms with van der Waals surface area (Å²) in [6.07, 6.45) is 6.86. The van der Waals surface area contributed by atoms with Crippen molar-refractivity contribution in [2.24, 2.45) is 10.9 Å². The van der Waals surface area contributed by atoms with Gasteiger partial charge in [-0.25, -0.2) is 0 Å². The molecule has 1 aromatic carbocycles. The Labute approximate surface area is 209 Å². The van der Waals surface area contributed by atoms with Crippen LogP contribution in [0, 0.1) is 5.92 Å². The average Bonchev–Trinajstić information content (AvgIpc) is 3.30. The minimum absolute atomic E-state index is 0. The molecule has 0 atom stereocenters. The molecule has 1 aromatic rings. The molecule has 1 saturated carbocycles. The van der Waals surface area contributed by atoms with E-state index in [0.717, 1.165) is 61.8 Å². The van der Waals surface area contributed by atoms with E-state index in [-0.39, 0.29) is 35.8 Å². The first-order chi connectivity index (χ1) is 15.0. The van der Waals surface area contributed by atoms with Crippen LogP contribution in [0.25, 0.3) is 0 Å². The predicted molar refractivity (Wildman–Crippen MR) is 139 cm³/mol. The molecule has 1 amide bonds. The van der Waals surface area contributed by atoms with Crippen LogP contribution >= 0.6 is 24.0 Å². The van der Waals surface area contributed by atoms with Gasteiger partial charge in [-0.2, -0.15) is 0 Å². The smallest absolute Gasteiger partial charge is 0.225 e. The molecule has 2 fully saturated rings. The van der Waals surface area contributed by atoms with E-state index in [2.05, 4.69) is 21.7 Å². The zero-order valence-electron chi connectivity index (χ0n) is 19.9. The Kier molecular flexibility index (Phi) is 10.9. The third kappa shape index (κ3) is 7.42. The van der Waals surface area contributed by atoms with Gasteiger partial charge in [0, 0.05) is 50.3 Å². The number of likely N-dealkylation sites (tertiary alicyclic amines) is 1. The third-order valence-corrected chi connectivity index (χ3v) is 6.18. The number of halogens is 1. The van der Waals surface area contributed by atoms with Crippen molar-refractivity contribution in [2.75, 3.05) is 27.2 Å². The van der Waals surface area contributed by atoms with Gasteiger partial charge in [-0.1, -0.05) is 13.8 Å². The summed E-state index contributed by atoms with van der Waals surface area (Å²) in [4.78, 5) is 18.6. The van der Waals surface area contributed by atoms with E-state index in [1.165, 1.54) is 12.8 Å².